The van der Waals surface area contributed by atoms with Crippen LogP contribution in [0.1, 0.15) is 46.4 Å². The van der Waals surface area contributed by atoms with Crippen LogP contribution in [0.5, 0.6) is 5.75 Å². The van der Waals surface area contributed by atoms with Crippen molar-refractivity contribution < 1.29 is 22.3 Å². The van der Waals surface area contributed by atoms with Crippen LogP contribution in [0.4, 0.5) is 10.1 Å². The van der Waals surface area contributed by atoms with Crippen LogP contribution in [-0.2, 0) is 16.6 Å². The lowest BCUT2D eigenvalue weighted by Crippen LogP contribution is -2.30. The first-order valence-electron chi connectivity index (χ1n) is 10.9. The van der Waals surface area contributed by atoms with Crippen molar-refractivity contribution in [3.05, 3.63) is 94.8 Å². The molecule has 0 radical (unpaired) electrons. The van der Waals surface area contributed by atoms with Crippen LogP contribution in [0.2, 0.25) is 0 Å². The summed E-state index contributed by atoms with van der Waals surface area (Å²) in [6.07, 6.45) is 1.76. The summed E-state index contributed by atoms with van der Waals surface area (Å²) >= 11 is 0. The molecule has 180 valence electrons. The molecule has 0 saturated carbocycles. The predicted octanol–water partition coefficient (Wildman–Crippen LogP) is 4.99. The molecule has 1 N–H and O–H groups in total. The first-order chi connectivity index (χ1) is 16.1. The van der Waals surface area contributed by atoms with Gasteiger partial charge in [0.15, 0.2) is 0 Å². The molecule has 0 aromatic heterocycles. The zero-order valence-corrected chi connectivity index (χ0v) is 20.5. The molecule has 34 heavy (non-hydrogen) atoms. The summed E-state index contributed by atoms with van der Waals surface area (Å²) in [4.78, 5) is 12.9. The van der Waals surface area contributed by atoms with Gasteiger partial charge in [-0.05, 0) is 60.9 Å². The van der Waals surface area contributed by atoms with Crippen molar-refractivity contribution in [2.75, 3.05) is 17.7 Å². The number of anilines is 1. The molecule has 0 bridgehead atoms. The zero-order chi connectivity index (χ0) is 24.9. The summed E-state index contributed by atoms with van der Waals surface area (Å²) < 4.78 is 45.3. The van der Waals surface area contributed by atoms with Crippen molar-refractivity contribution in [3.8, 4) is 5.75 Å². The van der Waals surface area contributed by atoms with Crippen LogP contribution in [0.15, 0.2) is 66.7 Å². The Bertz CT molecular complexity index is 1260. The maximum Gasteiger partial charge on any atom is 0.251 e. The van der Waals surface area contributed by atoms with Gasteiger partial charge in [-0.1, -0.05) is 37.3 Å². The van der Waals surface area contributed by atoms with Crippen molar-refractivity contribution in [2.24, 2.45) is 0 Å². The second-order valence-electron chi connectivity index (χ2n) is 8.07. The Hall–Kier alpha value is -3.39. The lowest BCUT2D eigenvalue weighted by molar-refractivity contribution is 0.0935. The molecule has 1 amide bonds. The molecule has 0 saturated heterocycles. The van der Waals surface area contributed by atoms with E-state index in [-0.39, 0.29) is 24.1 Å². The molecule has 0 aliphatic carbocycles. The van der Waals surface area contributed by atoms with Gasteiger partial charge >= 0.3 is 0 Å². The molecule has 3 aromatic rings. The van der Waals surface area contributed by atoms with Crippen molar-refractivity contribution in [1.82, 2.24) is 5.32 Å². The van der Waals surface area contributed by atoms with Crippen molar-refractivity contribution in [1.29, 1.82) is 0 Å². The third kappa shape index (κ3) is 5.94. The van der Waals surface area contributed by atoms with E-state index < -0.39 is 15.8 Å². The second kappa shape index (κ2) is 10.7. The highest BCUT2D eigenvalue weighted by Gasteiger charge is 2.21. The average molecular weight is 485 g/mol. The molecule has 0 fully saturated rings. The van der Waals surface area contributed by atoms with Gasteiger partial charge in [0.1, 0.15) is 11.6 Å². The summed E-state index contributed by atoms with van der Waals surface area (Å²) in [6.45, 7) is 3.79. The highest BCUT2D eigenvalue weighted by molar-refractivity contribution is 7.92. The number of rotatable bonds is 9. The average Bonchev–Trinajstić information content (AvgIpc) is 2.81. The molecule has 0 aliphatic heterocycles. The number of benzene rings is 3. The number of methoxy groups -OCH3 is 1. The van der Waals surface area contributed by atoms with E-state index in [1.54, 1.807) is 49.6 Å². The van der Waals surface area contributed by atoms with E-state index in [4.69, 9.17) is 4.74 Å². The minimum Gasteiger partial charge on any atom is -0.496 e. The number of amides is 1. The van der Waals surface area contributed by atoms with Crippen LogP contribution < -0.4 is 14.4 Å². The first-order valence-corrected chi connectivity index (χ1v) is 12.8. The van der Waals surface area contributed by atoms with Crippen molar-refractivity contribution in [3.63, 3.8) is 0 Å². The summed E-state index contributed by atoms with van der Waals surface area (Å²) in [7, 11) is -2.06. The molecule has 0 spiro atoms. The molecule has 1 unspecified atom stereocenters. The topological polar surface area (TPSA) is 75.7 Å². The molecule has 8 heteroatoms. The highest BCUT2D eigenvalue weighted by Crippen LogP contribution is 2.26. The van der Waals surface area contributed by atoms with Crippen LogP contribution >= 0.6 is 0 Å². The number of ether oxygens (including phenoxy) is 1. The van der Waals surface area contributed by atoms with Crippen molar-refractivity contribution in [2.45, 2.75) is 32.9 Å². The van der Waals surface area contributed by atoms with Crippen LogP contribution in [-0.4, -0.2) is 27.7 Å². The maximum atomic E-state index is 14.1. The molecule has 3 aromatic carbocycles. The predicted molar refractivity (Wildman–Crippen MR) is 132 cm³/mol. The Morgan fingerprint density at radius 2 is 1.76 bits per heavy atom. The molecule has 0 heterocycles. The minimum absolute atomic E-state index is 0.147. The third-order valence-electron chi connectivity index (χ3n) is 5.62. The van der Waals surface area contributed by atoms with Gasteiger partial charge in [0, 0.05) is 11.1 Å². The van der Waals surface area contributed by atoms with Crippen molar-refractivity contribution >= 4 is 21.6 Å². The van der Waals surface area contributed by atoms with E-state index in [2.05, 4.69) is 5.32 Å². The van der Waals surface area contributed by atoms with E-state index in [0.29, 0.717) is 17.7 Å². The SMILES string of the molecule is CCC(NC(=O)c1ccc(N(Cc2ccccc2F)S(C)(=O)=O)cc1)c1ccc(OC)c(C)c1. The number of carbonyl (C=O) groups excluding carboxylic acids is 1. The maximum absolute atomic E-state index is 14.1. The lowest BCUT2D eigenvalue weighted by atomic mass is 10.0. The Morgan fingerprint density at radius 1 is 1.09 bits per heavy atom. The normalized spacial score (nSPS) is 12.1. The van der Waals surface area contributed by atoms with Gasteiger partial charge < -0.3 is 10.1 Å². The number of nitrogens with one attached hydrogen (secondary N) is 1. The largest absolute Gasteiger partial charge is 0.496 e. The van der Waals surface area contributed by atoms with Crippen LogP contribution in [0, 0.1) is 12.7 Å². The highest BCUT2D eigenvalue weighted by atomic mass is 32.2. The molecule has 1 atom stereocenters. The number of sulfonamides is 1. The quantitative estimate of drug-likeness (QED) is 0.464. The molecule has 3 rings (SSSR count). The minimum atomic E-state index is -3.68. The number of hydrogen-bond acceptors (Lipinski definition) is 4. The van der Waals surface area contributed by atoms with Gasteiger partial charge in [0.25, 0.3) is 5.91 Å². The van der Waals surface area contributed by atoms with Crippen LogP contribution in [0.25, 0.3) is 0 Å². The van der Waals surface area contributed by atoms with Gasteiger partial charge in [-0.3, -0.25) is 9.10 Å². The zero-order valence-electron chi connectivity index (χ0n) is 19.7. The van der Waals surface area contributed by atoms with Gasteiger partial charge in [0.2, 0.25) is 10.0 Å². The first kappa shape index (κ1) is 25.2. The number of nitrogens with zero attached hydrogens (tertiary/aromatic N) is 1. The Balaban J connectivity index is 1.79. The van der Waals surface area contributed by atoms with E-state index in [1.165, 1.54) is 6.07 Å². The summed E-state index contributed by atoms with van der Waals surface area (Å²) in [5.41, 5.74) is 2.95. The second-order valence-corrected chi connectivity index (χ2v) is 9.98. The smallest absolute Gasteiger partial charge is 0.251 e. The number of hydrogen-bond donors (Lipinski definition) is 1. The van der Waals surface area contributed by atoms with Gasteiger partial charge in [-0.2, -0.15) is 0 Å². The van der Waals surface area contributed by atoms with E-state index in [1.807, 2.05) is 32.0 Å². The number of carbonyl (C=O) groups is 1. The summed E-state index contributed by atoms with van der Waals surface area (Å²) in [5.74, 6) is 0.0322. The molecular weight excluding hydrogens is 455 g/mol. The summed E-state index contributed by atoms with van der Waals surface area (Å²) in [6, 6.07) is 17.9. The third-order valence-corrected chi connectivity index (χ3v) is 6.77. The molecule has 0 aliphatic rings. The fourth-order valence-corrected chi connectivity index (χ4v) is 4.62. The lowest BCUT2D eigenvalue weighted by Gasteiger charge is -2.23. The Labute approximate surface area is 200 Å². The monoisotopic (exact) mass is 484 g/mol. The number of halogens is 1. The van der Waals surface area contributed by atoms with E-state index in [0.717, 1.165) is 27.4 Å². The summed E-state index contributed by atoms with van der Waals surface area (Å²) in [5, 5.41) is 3.03. The molecule has 6 nitrogen and oxygen atoms in total. The van der Waals surface area contributed by atoms with Crippen LogP contribution in [0.3, 0.4) is 0 Å². The van der Waals surface area contributed by atoms with Gasteiger partial charge in [-0.25, -0.2) is 12.8 Å². The Morgan fingerprint density at radius 3 is 2.32 bits per heavy atom. The fourth-order valence-electron chi connectivity index (χ4n) is 3.74. The van der Waals surface area contributed by atoms with E-state index in [9.17, 15) is 17.6 Å². The molecular formula is C26H29FN2O4S. The van der Waals surface area contributed by atoms with Gasteiger partial charge in [0.05, 0.1) is 31.6 Å². The van der Waals surface area contributed by atoms with Gasteiger partial charge in [-0.15, -0.1) is 0 Å². The fraction of sp³-hybridized carbons (Fsp3) is 0.269. The standard InChI is InChI=1S/C26H29FN2O4S/c1-5-24(20-12-15-25(33-3)18(2)16-20)28-26(30)19-10-13-22(14-11-19)29(34(4,31)32)17-21-8-6-7-9-23(21)27/h6-16,24H,5,17H2,1-4H3,(H,28,30). The Kier molecular flexibility index (Phi) is 7.94. The van der Waals surface area contributed by atoms with E-state index >= 15 is 0 Å². The number of aryl methyl sites for hydroxylation is 1.